The molecule has 0 amide bonds. The number of hydrogen-bond acceptors (Lipinski definition) is 0. The molecule has 0 saturated heterocycles. The van der Waals surface area contributed by atoms with E-state index in [4.69, 9.17) is 0 Å². The van der Waals surface area contributed by atoms with Gasteiger partial charge in [0.2, 0.25) is 0 Å². The van der Waals surface area contributed by atoms with Gasteiger partial charge in [-0.1, -0.05) is 62.8 Å². The van der Waals surface area contributed by atoms with Crippen molar-refractivity contribution in [1.29, 1.82) is 0 Å². The van der Waals surface area contributed by atoms with E-state index in [1.807, 2.05) is 0 Å². The SMILES string of the molecule is [CH2]CCCCCCCc1cc(C)ccc1C. The zero-order valence-electron chi connectivity index (χ0n) is 10.9. The first kappa shape index (κ1) is 13.3. The molecule has 1 aromatic rings. The number of hydrogen-bond donors (Lipinski definition) is 0. The second-order valence-corrected chi connectivity index (χ2v) is 4.80. The van der Waals surface area contributed by atoms with Crippen molar-refractivity contribution in [2.45, 2.75) is 58.8 Å². The molecule has 16 heavy (non-hydrogen) atoms. The summed E-state index contributed by atoms with van der Waals surface area (Å²) in [6.07, 6.45) is 9.07. The van der Waals surface area contributed by atoms with Crippen molar-refractivity contribution in [3.05, 3.63) is 41.8 Å². The molecule has 1 aromatic carbocycles. The van der Waals surface area contributed by atoms with Crippen molar-refractivity contribution in [1.82, 2.24) is 0 Å². The maximum atomic E-state index is 3.87. The number of unbranched alkanes of at least 4 members (excludes halogenated alkanes) is 5. The molecule has 0 aliphatic rings. The maximum absolute atomic E-state index is 3.87. The van der Waals surface area contributed by atoms with Crippen LogP contribution in [0.3, 0.4) is 0 Å². The van der Waals surface area contributed by atoms with Gasteiger partial charge in [0.1, 0.15) is 0 Å². The van der Waals surface area contributed by atoms with Crippen LogP contribution in [0.4, 0.5) is 0 Å². The molecule has 0 saturated carbocycles. The Kier molecular flexibility index (Phi) is 6.22. The average molecular weight is 217 g/mol. The Hall–Kier alpha value is -0.780. The third-order valence-corrected chi connectivity index (χ3v) is 3.20. The molecule has 0 unspecified atom stereocenters. The standard InChI is InChI=1S/C16H25/c1-4-5-6-7-8-9-10-16-13-14(2)11-12-15(16)3/h11-13H,1,4-10H2,2-3H3. The third-order valence-electron chi connectivity index (χ3n) is 3.20. The van der Waals surface area contributed by atoms with Gasteiger partial charge in [-0.05, 0) is 37.8 Å². The van der Waals surface area contributed by atoms with Crippen LogP contribution in [0.2, 0.25) is 0 Å². The van der Waals surface area contributed by atoms with Crippen LogP contribution < -0.4 is 0 Å². The third kappa shape index (κ3) is 4.83. The van der Waals surface area contributed by atoms with Gasteiger partial charge >= 0.3 is 0 Å². The lowest BCUT2D eigenvalue weighted by molar-refractivity contribution is 0.616. The van der Waals surface area contributed by atoms with E-state index in [2.05, 4.69) is 39.0 Å². The molecule has 89 valence electrons. The van der Waals surface area contributed by atoms with Crippen LogP contribution in [0.1, 0.15) is 55.2 Å². The zero-order chi connectivity index (χ0) is 11.8. The van der Waals surface area contributed by atoms with Crippen LogP contribution in [-0.2, 0) is 6.42 Å². The Bertz CT molecular complexity index is 299. The lowest BCUT2D eigenvalue weighted by Crippen LogP contribution is -1.91. The second-order valence-electron chi connectivity index (χ2n) is 4.80. The molecule has 0 bridgehead atoms. The van der Waals surface area contributed by atoms with E-state index in [1.54, 1.807) is 0 Å². The van der Waals surface area contributed by atoms with E-state index >= 15 is 0 Å². The number of aryl methyl sites for hydroxylation is 3. The van der Waals surface area contributed by atoms with Crippen LogP contribution in [-0.4, -0.2) is 0 Å². The fraction of sp³-hybridized carbons (Fsp3) is 0.562. The molecule has 0 heteroatoms. The largest absolute Gasteiger partial charge is 0.0590 e. The van der Waals surface area contributed by atoms with Crippen molar-refractivity contribution < 1.29 is 0 Å². The summed E-state index contributed by atoms with van der Waals surface area (Å²) in [5.74, 6) is 0. The van der Waals surface area contributed by atoms with Crippen molar-refractivity contribution in [2.75, 3.05) is 0 Å². The van der Waals surface area contributed by atoms with Crippen molar-refractivity contribution in [3.63, 3.8) is 0 Å². The molecule has 0 aliphatic carbocycles. The van der Waals surface area contributed by atoms with Crippen molar-refractivity contribution in [3.8, 4) is 0 Å². The van der Waals surface area contributed by atoms with E-state index < -0.39 is 0 Å². The molecule has 0 aliphatic heterocycles. The predicted molar refractivity (Wildman–Crippen MR) is 72.7 cm³/mol. The van der Waals surface area contributed by atoms with Gasteiger partial charge in [-0.25, -0.2) is 0 Å². The van der Waals surface area contributed by atoms with Gasteiger partial charge in [0.05, 0.1) is 0 Å². The van der Waals surface area contributed by atoms with E-state index in [-0.39, 0.29) is 0 Å². The smallest absolute Gasteiger partial charge is 0.0276 e. The van der Waals surface area contributed by atoms with Gasteiger partial charge in [0, 0.05) is 0 Å². The Labute approximate surface area is 101 Å². The first-order valence-electron chi connectivity index (χ1n) is 6.59. The summed E-state index contributed by atoms with van der Waals surface area (Å²) in [7, 11) is 0. The number of benzene rings is 1. The molecule has 0 nitrogen and oxygen atoms in total. The van der Waals surface area contributed by atoms with Crippen LogP contribution >= 0.6 is 0 Å². The monoisotopic (exact) mass is 217 g/mol. The second kappa shape index (κ2) is 7.49. The van der Waals surface area contributed by atoms with E-state index in [0.717, 1.165) is 6.42 Å². The highest BCUT2D eigenvalue weighted by Crippen LogP contribution is 2.15. The molecule has 0 heterocycles. The minimum Gasteiger partial charge on any atom is -0.0590 e. The molecule has 0 aromatic heterocycles. The lowest BCUT2D eigenvalue weighted by atomic mass is 9.99. The van der Waals surface area contributed by atoms with Crippen LogP contribution in [0, 0.1) is 20.8 Å². The molecule has 0 fully saturated rings. The van der Waals surface area contributed by atoms with Gasteiger partial charge < -0.3 is 0 Å². The minimum absolute atomic E-state index is 1.09. The zero-order valence-corrected chi connectivity index (χ0v) is 10.9. The summed E-state index contributed by atoms with van der Waals surface area (Å²) in [6, 6.07) is 6.78. The Morgan fingerprint density at radius 1 is 0.938 bits per heavy atom. The van der Waals surface area contributed by atoms with E-state index in [1.165, 1.54) is 55.2 Å². The summed E-state index contributed by atoms with van der Waals surface area (Å²) in [4.78, 5) is 0. The quantitative estimate of drug-likeness (QED) is 0.562. The summed E-state index contributed by atoms with van der Waals surface area (Å²) >= 11 is 0. The average Bonchev–Trinajstić information content (AvgIpc) is 2.28. The highest BCUT2D eigenvalue weighted by atomic mass is 14.0. The highest BCUT2D eigenvalue weighted by Gasteiger charge is 1.98. The Morgan fingerprint density at radius 3 is 2.38 bits per heavy atom. The van der Waals surface area contributed by atoms with Gasteiger partial charge in [-0.15, -0.1) is 0 Å². The van der Waals surface area contributed by atoms with Gasteiger partial charge in [0.25, 0.3) is 0 Å². The molecule has 1 rings (SSSR count). The van der Waals surface area contributed by atoms with E-state index in [9.17, 15) is 0 Å². The topological polar surface area (TPSA) is 0 Å². The summed E-state index contributed by atoms with van der Waals surface area (Å²) in [5.41, 5.74) is 4.37. The molecule has 1 radical (unpaired) electrons. The first-order valence-corrected chi connectivity index (χ1v) is 6.59. The van der Waals surface area contributed by atoms with Gasteiger partial charge in [-0.2, -0.15) is 0 Å². The van der Waals surface area contributed by atoms with Gasteiger partial charge in [0.15, 0.2) is 0 Å². The van der Waals surface area contributed by atoms with Crippen molar-refractivity contribution in [2.24, 2.45) is 0 Å². The Balaban J connectivity index is 2.23. The van der Waals surface area contributed by atoms with Crippen LogP contribution in [0.5, 0.6) is 0 Å². The normalized spacial score (nSPS) is 10.7. The highest BCUT2D eigenvalue weighted by molar-refractivity contribution is 5.30. The summed E-state index contributed by atoms with van der Waals surface area (Å²) in [5, 5.41) is 0. The van der Waals surface area contributed by atoms with Crippen LogP contribution in [0.25, 0.3) is 0 Å². The summed E-state index contributed by atoms with van der Waals surface area (Å²) in [6.45, 7) is 8.27. The summed E-state index contributed by atoms with van der Waals surface area (Å²) < 4.78 is 0. The van der Waals surface area contributed by atoms with Crippen molar-refractivity contribution >= 4 is 0 Å². The minimum atomic E-state index is 1.09. The molecular formula is C16H25. The Morgan fingerprint density at radius 2 is 1.62 bits per heavy atom. The number of rotatable bonds is 7. The maximum Gasteiger partial charge on any atom is -0.0276 e. The first-order chi connectivity index (χ1) is 7.74. The molecule has 0 N–H and O–H groups in total. The lowest BCUT2D eigenvalue weighted by Gasteiger charge is -2.07. The molecule has 0 atom stereocenters. The molecule has 0 spiro atoms. The predicted octanol–water partition coefficient (Wildman–Crippen LogP) is 5.02. The van der Waals surface area contributed by atoms with Gasteiger partial charge in [-0.3, -0.25) is 0 Å². The van der Waals surface area contributed by atoms with E-state index in [0.29, 0.717) is 0 Å². The fourth-order valence-electron chi connectivity index (χ4n) is 2.09. The fourth-order valence-corrected chi connectivity index (χ4v) is 2.09. The molecular weight excluding hydrogens is 192 g/mol. The van der Waals surface area contributed by atoms with Crippen LogP contribution in [0.15, 0.2) is 18.2 Å².